The first-order valence-corrected chi connectivity index (χ1v) is 8.84. The van der Waals surface area contributed by atoms with Gasteiger partial charge in [0.15, 0.2) is 11.5 Å². The van der Waals surface area contributed by atoms with Crippen LogP contribution in [-0.2, 0) is 4.79 Å². The van der Waals surface area contributed by atoms with Crippen molar-refractivity contribution in [1.29, 1.82) is 0 Å². The minimum absolute atomic E-state index is 0.247. The van der Waals surface area contributed by atoms with Crippen molar-refractivity contribution in [3.8, 4) is 17.2 Å². The zero-order valence-electron chi connectivity index (χ0n) is 16.2. The molecule has 0 aromatic heterocycles. The molecular formula is C21H20N2O6. The van der Waals surface area contributed by atoms with E-state index in [1.807, 2.05) is 6.92 Å². The molecule has 0 aliphatic carbocycles. The molecule has 1 aliphatic heterocycles. The maximum absolute atomic E-state index is 12.9. The normalized spacial score (nSPS) is 14.9. The van der Waals surface area contributed by atoms with Gasteiger partial charge in [0.05, 0.1) is 30.7 Å². The Morgan fingerprint density at radius 3 is 2.62 bits per heavy atom. The van der Waals surface area contributed by atoms with Crippen LogP contribution in [0.15, 0.2) is 47.1 Å². The standard InChI is InChI=1S/C21H20N2O6/c1-4-29-18-8-5-13(10-19(18)28-3)9-15-12(2)22-23(20(15)25)14-6-7-17(24)16(11-14)21(26)27/h5-11,24H,4H2,1-3H3,(H,26,27)/b15-9-. The van der Waals surface area contributed by atoms with Crippen LogP contribution >= 0.6 is 0 Å². The fourth-order valence-electron chi connectivity index (χ4n) is 2.90. The Kier molecular flexibility index (Phi) is 5.54. The third kappa shape index (κ3) is 3.91. The van der Waals surface area contributed by atoms with Crippen molar-refractivity contribution in [3.63, 3.8) is 0 Å². The predicted octanol–water partition coefficient (Wildman–Crippen LogP) is 3.30. The maximum Gasteiger partial charge on any atom is 0.339 e. The van der Waals surface area contributed by atoms with Crippen LogP contribution in [0, 0.1) is 0 Å². The van der Waals surface area contributed by atoms with Crippen LogP contribution in [0.4, 0.5) is 5.69 Å². The lowest BCUT2D eigenvalue weighted by atomic mass is 10.1. The van der Waals surface area contributed by atoms with Crippen molar-refractivity contribution in [3.05, 3.63) is 53.1 Å². The Balaban J connectivity index is 1.94. The van der Waals surface area contributed by atoms with Crippen LogP contribution in [0.3, 0.4) is 0 Å². The van der Waals surface area contributed by atoms with Crippen molar-refractivity contribution < 1.29 is 29.3 Å². The number of rotatable bonds is 6. The minimum atomic E-state index is -1.30. The number of carbonyl (C=O) groups excluding carboxylic acids is 1. The van der Waals surface area contributed by atoms with Crippen molar-refractivity contribution >= 4 is 29.4 Å². The number of aromatic hydroxyl groups is 1. The molecule has 0 spiro atoms. The molecule has 1 amide bonds. The second-order valence-corrected chi connectivity index (χ2v) is 6.21. The summed E-state index contributed by atoms with van der Waals surface area (Å²) in [6.45, 7) is 4.06. The van der Waals surface area contributed by atoms with Crippen LogP contribution in [0.5, 0.6) is 17.2 Å². The van der Waals surface area contributed by atoms with E-state index in [-0.39, 0.29) is 17.0 Å². The molecule has 3 rings (SSSR count). The number of carbonyl (C=O) groups is 2. The summed E-state index contributed by atoms with van der Waals surface area (Å²) in [6.07, 6.45) is 1.68. The number of hydrogen-bond acceptors (Lipinski definition) is 6. The summed E-state index contributed by atoms with van der Waals surface area (Å²) in [6, 6.07) is 9.17. The van der Waals surface area contributed by atoms with Gasteiger partial charge in [-0.2, -0.15) is 10.1 Å². The van der Waals surface area contributed by atoms with E-state index in [0.717, 1.165) is 10.6 Å². The van der Waals surface area contributed by atoms with Crippen LogP contribution in [0.1, 0.15) is 29.8 Å². The fourth-order valence-corrected chi connectivity index (χ4v) is 2.90. The minimum Gasteiger partial charge on any atom is -0.507 e. The lowest BCUT2D eigenvalue weighted by molar-refractivity contribution is -0.114. The number of aromatic carboxylic acids is 1. The van der Waals surface area contributed by atoms with Gasteiger partial charge < -0.3 is 19.7 Å². The van der Waals surface area contributed by atoms with Gasteiger partial charge >= 0.3 is 5.97 Å². The number of carboxylic acid groups (broad SMARTS) is 1. The SMILES string of the molecule is CCOc1ccc(/C=C2\C(=O)N(c3ccc(O)c(C(=O)O)c3)N=C2C)cc1OC. The van der Waals surface area contributed by atoms with Crippen molar-refractivity contribution in [1.82, 2.24) is 0 Å². The molecule has 0 unspecified atom stereocenters. The molecule has 0 bridgehead atoms. The topological polar surface area (TPSA) is 109 Å². The van der Waals surface area contributed by atoms with E-state index >= 15 is 0 Å². The van der Waals surface area contributed by atoms with E-state index in [1.165, 1.54) is 25.3 Å². The number of hydrogen-bond donors (Lipinski definition) is 2. The highest BCUT2D eigenvalue weighted by atomic mass is 16.5. The van der Waals surface area contributed by atoms with Crippen molar-refractivity contribution in [2.75, 3.05) is 18.7 Å². The molecule has 2 aromatic carbocycles. The molecule has 0 saturated heterocycles. The number of hydrazone groups is 1. The number of ether oxygens (including phenoxy) is 2. The number of methoxy groups -OCH3 is 1. The van der Waals surface area contributed by atoms with Crippen LogP contribution in [-0.4, -0.2) is 41.5 Å². The molecule has 0 saturated carbocycles. The quantitative estimate of drug-likeness (QED) is 0.725. The molecule has 150 valence electrons. The van der Waals surface area contributed by atoms with Gasteiger partial charge in [0, 0.05) is 0 Å². The molecule has 1 aliphatic rings. The maximum atomic E-state index is 12.9. The highest BCUT2D eigenvalue weighted by Crippen LogP contribution is 2.31. The molecule has 8 nitrogen and oxygen atoms in total. The van der Waals surface area contributed by atoms with Gasteiger partial charge in [-0.15, -0.1) is 0 Å². The largest absolute Gasteiger partial charge is 0.507 e. The summed E-state index contributed by atoms with van der Waals surface area (Å²) in [5.74, 6) is -0.938. The molecular weight excluding hydrogens is 376 g/mol. The number of nitrogens with zero attached hydrogens (tertiary/aromatic N) is 2. The number of anilines is 1. The van der Waals surface area contributed by atoms with Crippen molar-refractivity contribution in [2.45, 2.75) is 13.8 Å². The second kappa shape index (κ2) is 8.05. The summed E-state index contributed by atoms with van der Waals surface area (Å²) < 4.78 is 10.8. The van der Waals surface area contributed by atoms with E-state index < -0.39 is 11.9 Å². The zero-order chi connectivity index (χ0) is 21.1. The fraction of sp³-hybridized carbons (Fsp3) is 0.190. The first kappa shape index (κ1) is 19.9. The molecule has 29 heavy (non-hydrogen) atoms. The monoisotopic (exact) mass is 396 g/mol. The van der Waals surface area contributed by atoms with Crippen LogP contribution in [0.25, 0.3) is 6.08 Å². The first-order valence-electron chi connectivity index (χ1n) is 8.84. The summed E-state index contributed by atoms with van der Waals surface area (Å²) >= 11 is 0. The van der Waals surface area contributed by atoms with E-state index in [1.54, 1.807) is 31.2 Å². The van der Waals surface area contributed by atoms with Gasteiger partial charge in [0.2, 0.25) is 0 Å². The molecule has 2 aromatic rings. The Hall–Kier alpha value is -3.81. The van der Waals surface area contributed by atoms with Crippen LogP contribution in [0.2, 0.25) is 0 Å². The molecule has 0 atom stereocenters. The van der Waals surface area contributed by atoms with Gasteiger partial charge in [-0.1, -0.05) is 6.07 Å². The van der Waals surface area contributed by atoms with E-state index in [0.29, 0.717) is 29.4 Å². The average Bonchev–Trinajstić information content (AvgIpc) is 2.97. The molecule has 1 heterocycles. The Morgan fingerprint density at radius 2 is 1.97 bits per heavy atom. The molecule has 0 fully saturated rings. The molecule has 8 heteroatoms. The third-order valence-electron chi connectivity index (χ3n) is 4.32. The lowest BCUT2D eigenvalue weighted by Gasteiger charge is -2.13. The van der Waals surface area contributed by atoms with E-state index in [4.69, 9.17) is 9.47 Å². The molecule has 0 radical (unpaired) electrons. The van der Waals surface area contributed by atoms with Gasteiger partial charge in [-0.25, -0.2) is 4.79 Å². The highest BCUT2D eigenvalue weighted by Gasteiger charge is 2.29. The summed E-state index contributed by atoms with van der Waals surface area (Å²) in [7, 11) is 1.54. The Bertz CT molecular complexity index is 1040. The van der Waals surface area contributed by atoms with Gasteiger partial charge in [0.25, 0.3) is 5.91 Å². The second-order valence-electron chi connectivity index (χ2n) is 6.21. The number of phenols is 1. The van der Waals surface area contributed by atoms with Gasteiger partial charge in [0.1, 0.15) is 11.3 Å². The summed E-state index contributed by atoms with van der Waals surface area (Å²) in [5, 5.41) is 24.2. The van der Waals surface area contributed by atoms with Crippen molar-refractivity contribution in [2.24, 2.45) is 5.10 Å². The Labute approximate surface area is 167 Å². The third-order valence-corrected chi connectivity index (χ3v) is 4.32. The van der Waals surface area contributed by atoms with Crippen LogP contribution < -0.4 is 14.5 Å². The predicted molar refractivity (Wildman–Crippen MR) is 108 cm³/mol. The number of carboxylic acids is 1. The van der Waals surface area contributed by atoms with E-state index in [2.05, 4.69) is 5.10 Å². The van der Waals surface area contributed by atoms with Gasteiger partial charge in [-0.3, -0.25) is 4.79 Å². The first-order chi connectivity index (χ1) is 13.8. The molecule has 2 N–H and O–H groups in total. The summed E-state index contributed by atoms with van der Waals surface area (Å²) in [4.78, 5) is 24.1. The smallest absolute Gasteiger partial charge is 0.339 e. The average molecular weight is 396 g/mol. The zero-order valence-corrected chi connectivity index (χ0v) is 16.2. The summed E-state index contributed by atoms with van der Waals surface area (Å²) in [5.41, 5.74) is 1.50. The van der Waals surface area contributed by atoms with E-state index in [9.17, 15) is 19.8 Å². The lowest BCUT2D eigenvalue weighted by Crippen LogP contribution is -2.21. The Morgan fingerprint density at radius 1 is 1.21 bits per heavy atom. The number of benzene rings is 2. The highest BCUT2D eigenvalue weighted by molar-refractivity contribution is 6.32. The van der Waals surface area contributed by atoms with Gasteiger partial charge in [-0.05, 0) is 55.8 Å². The number of amides is 1.